The summed E-state index contributed by atoms with van der Waals surface area (Å²) in [5, 5.41) is 3.10. The van der Waals surface area contributed by atoms with Crippen LogP contribution in [-0.2, 0) is 0 Å². The van der Waals surface area contributed by atoms with Gasteiger partial charge in [0.25, 0.3) is 0 Å². The molecule has 0 N–H and O–H groups in total. The van der Waals surface area contributed by atoms with Crippen LogP contribution in [0.2, 0.25) is 5.02 Å². The third-order valence-electron chi connectivity index (χ3n) is 3.23. The predicted octanol–water partition coefficient (Wildman–Crippen LogP) is 5.17. The van der Waals surface area contributed by atoms with Gasteiger partial charge in [-0.2, -0.15) is 0 Å². The van der Waals surface area contributed by atoms with E-state index in [1.54, 1.807) is 7.11 Å². The van der Waals surface area contributed by atoms with Crippen molar-refractivity contribution in [3.05, 3.63) is 65.7 Å². The van der Waals surface area contributed by atoms with Crippen molar-refractivity contribution in [1.82, 2.24) is 0 Å². The summed E-state index contributed by atoms with van der Waals surface area (Å²) >= 11 is 6.05. The topological polar surface area (TPSA) is 9.23 Å². The SMILES string of the molecule is COc1cc(-c2ccc3ccccc3c2)ccc1Cl. The molecule has 0 fully saturated rings. The summed E-state index contributed by atoms with van der Waals surface area (Å²) in [6.45, 7) is 0. The maximum Gasteiger partial charge on any atom is 0.138 e. The Labute approximate surface area is 117 Å². The van der Waals surface area contributed by atoms with Crippen LogP contribution in [0.3, 0.4) is 0 Å². The van der Waals surface area contributed by atoms with E-state index in [1.165, 1.54) is 10.8 Å². The minimum atomic E-state index is 0.632. The molecule has 0 saturated heterocycles. The van der Waals surface area contributed by atoms with Crippen LogP contribution in [0.25, 0.3) is 21.9 Å². The minimum absolute atomic E-state index is 0.632. The van der Waals surface area contributed by atoms with Crippen molar-refractivity contribution in [3.8, 4) is 16.9 Å². The Morgan fingerprint density at radius 2 is 1.47 bits per heavy atom. The number of hydrogen-bond acceptors (Lipinski definition) is 1. The van der Waals surface area contributed by atoms with Gasteiger partial charge in [-0.3, -0.25) is 0 Å². The molecule has 0 heterocycles. The third-order valence-corrected chi connectivity index (χ3v) is 3.55. The zero-order valence-electron chi connectivity index (χ0n) is 10.6. The van der Waals surface area contributed by atoms with Gasteiger partial charge in [-0.15, -0.1) is 0 Å². The van der Waals surface area contributed by atoms with E-state index < -0.39 is 0 Å². The second kappa shape index (κ2) is 4.94. The van der Waals surface area contributed by atoms with E-state index in [-0.39, 0.29) is 0 Å². The standard InChI is InChI=1S/C17H13ClO/c1-19-17-11-15(8-9-16(17)18)14-7-6-12-4-2-3-5-13(12)10-14/h2-11H,1H3. The average Bonchev–Trinajstić information content (AvgIpc) is 2.47. The summed E-state index contributed by atoms with van der Waals surface area (Å²) in [6.07, 6.45) is 0. The quantitative estimate of drug-likeness (QED) is 0.623. The molecule has 0 saturated carbocycles. The molecule has 1 nitrogen and oxygen atoms in total. The number of methoxy groups -OCH3 is 1. The van der Waals surface area contributed by atoms with Crippen LogP contribution >= 0.6 is 11.6 Å². The van der Waals surface area contributed by atoms with Crippen LogP contribution in [0.15, 0.2) is 60.7 Å². The molecule has 0 spiro atoms. The molecule has 2 heteroatoms. The van der Waals surface area contributed by atoms with Gasteiger partial charge in [-0.25, -0.2) is 0 Å². The van der Waals surface area contributed by atoms with Crippen LogP contribution in [0.1, 0.15) is 0 Å². The first-order chi connectivity index (χ1) is 9.28. The fraction of sp³-hybridized carbons (Fsp3) is 0.0588. The average molecular weight is 269 g/mol. The van der Waals surface area contributed by atoms with Crippen molar-refractivity contribution in [2.45, 2.75) is 0 Å². The molecular formula is C17H13ClO. The van der Waals surface area contributed by atoms with E-state index in [0.29, 0.717) is 10.8 Å². The largest absolute Gasteiger partial charge is 0.495 e. The Hall–Kier alpha value is -1.99. The number of halogens is 1. The third kappa shape index (κ3) is 2.29. The summed E-state index contributed by atoms with van der Waals surface area (Å²) < 4.78 is 5.26. The Kier molecular flexibility index (Phi) is 3.14. The highest BCUT2D eigenvalue weighted by Crippen LogP contribution is 2.31. The molecule has 0 aliphatic rings. The molecule has 0 bridgehead atoms. The Bertz CT molecular complexity index is 734. The van der Waals surface area contributed by atoms with E-state index in [4.69, 9.17) is 16.3 Å². The number of rotatable bonds is 2. The second-order valence-electron chi connectivity index (χ2n) is 4.41. The lowest BCUT2D eigenvalue weighted by Crippen LogP contribution is -1.85. The van der Waals surface area contributed by atoms with Crippen LogP contribution in [0.4, 0.5) is 0 Å². The number of benzene rings is 3. The first-order valence-electron chi connectivity index (χ1n) is 6.10. The Morgan fingerprint density at radius 3 is 2.26 bits per heavy atom. The lowest BCUT2D eigenvalue weighted by Gasteiger charge is -2.08. The van der Waals surface area contributed by atoms with Crippen molar-refractivity contribution in [2.75, 3.05) is 7.11 Å². The highest BCUT2D eigenvalue weighted by molar-refractivity contribution is 6.32. The Balaban J connectivity index is 2.13. The fourth-order valence-corrected chi connectivity index (χ4v) is 2.40. The second-order valence-corrected chi connectivity index (χ2v) is 4.82. The van der Waals surface area contributed by atoms with Crippen molar-refractivity contribution in [3.63, 3.8) is 0 Å². The van der Waals surface area contributed by atoms with E-state index in [9.17, 15) is 0 Å². The lowest BCUT2D eigenvalue weighted by atomic mass is 10.0. The number of hydrogen-bond donors (Lipinski definition) is 0. The molecule has 0 atom stereocenters. The van der Waals surface area contributed by atoms with Gasteiger partial charge in [0.1, 0.15) is 5.75 Å². The van der Waals surface area contributed by atoms with Gasteiger partial charge in [0.05, 0.1) is 12.1 Å². The van der Waals surface area contributed by atoms with Gasteiger partial charge in [-0.1, -0.05) is 54.1 Å². The van der Waals surface area contributed by atoms with Crippen molar-refractivity contribution < 1.29 is 4.74 Å². The van der Waals surface area contributed by atoms with Gasteiger partial charge in [0, 0.05) is 0 Å². The molecule has 3 aromatic rings. The maximum absolute atomic E-state index is 6.05. The zero-order valence-corrected chi connectivity index (χ0v) is 11.3. The molecule has 0 aliphatic heterocycles. The summed E-state index contributed by atoms with van der Waals surface area (Å²) in [6, 6.07) is 20.6. The molecular weight excluding hydrogens is 256 g/mol. The van der Waals surface area contributed by atoms with Gasteiger partial charge in [-0.05, 0) is 40.1 Å². The summed E-state index contributed by atoms with van der Waals surface area (Å²) in [5.41, 5.74) is 2.26. The van der Waals surface area contributed by atoms with Crippen LogP contribution in [0.5, 0.6) is 5.75 Å². The molecule has 0 aromatic heterocycles. The van der Waals surface area contributed by atoms with Gasteiger partial charge in [0.15, 0.2) is 0 Å². The van der Waals surface area contributed by atoms with E-state index >= 15 is 0 Å². The maximum atomic E-state index is 6.05. The predicted molar refractivity (Wildman–Crippen MR) is 80.9 cm³/mol. The molecule has 0 aliphatic carbocycles. The number of ether oxygens (including phenoxy) is 1. The van der Waals surface area contributed by atoms with Gasteiger partial charge in [0.2, 0.25) is 0 Å². The summed E-state index contributed by atoms with van der Waals surface area (Å²) in [5.74, 6) is 0.701. The van der Waals surface area contributed by atoms with Gasteiger partial charge < -0.3 is 4.74 Å². The molecule has 0 amide bonds. The minimum Gasteiger partial charge on any atom is -0.495 e. The first kappa shape index (κ1) is 12.1. The highest BCUT2D eigenvalue weighted by atomic mass is 35.5. The summed E-state index contributed by atoms with van der Waals surface area (Å²) in [4.78, 5) is 0. The van der Waals surface area contributed by atoms with E-state index in [0.717, 1.165) is 11.1 Å². The van der Waals surface area contributed by atoms with Gasteiger partial charge >= 0.3 is 0 Å². The highest BCUT2D eigenvalue weighted by Gasteiger charge is 2.04. The zero-order chi connectivity index (χ0) is 13.2. The fourth-order valence-electron chi connectivity index (χ4n) is 2.21. The smallest absolute Gasteiger partial charge is 0.138 e. The Morgan fingerprint density at radius 1 is 0.789 bits per heavy atom. The van der Waals surface area contributed by atoms with Crippen LogP contribution in [0, 0.1) is 0 Å². The monoisotopic (exact) mass is 268 g/mol. The first-order valence-corrected chi connectivity index (χ1v) is 6.48. The molecule has 3 aromatic carbocycles. The summed E-state index contributed by atoms with van der Waals surface area (Å²) in [7, 11) is 1.63. The molecule has 3 rings (SSSR count). The van der Waals surface area contributed by atoms with E-state index in [2.05, 4.69) is 36.4 Å². The molecule has 94 valence electrons. The van der Waals surface area contributed by atoms with Crippen LogP contribution in [-0.4, -0.2) is 7.11 Å². The lowest BCUT2D eigenvalue weighted by molar-refractivity contribution is 0.415. The number of fused-ring (bicyclic) bond motifs is 1. The normalized spacial score (nSPS) is 10.6. The van der Waals surface area contributed by atoms with E-state index in [1.807, 2.05) is 24.3 Å². The van der Waals surface area contributed by atoms with Crippen molar-refractivity contribution >= 4 is 22.4 Å². The molecule has 0 unspecified atom stereocenters. The van der Waals surface area contributed by atoms with Crippen molar-refractivity contribution in [1.29, 1.82) is 0 Å². The molecule has 19 heavy (non-hydrogen) atoms. The molecule has 0 radical (unpaired) electrons. The van der Waals surface area contributed by atoms with Crippen molar-refractivity contribution in [2.24, 2.45) is 0 Å². The van der Waals surface area contributed by atoms with Crippen LogP contribution < -0.4 is 4.74 Å².